The number of tetrazole rings is 1. The minimum Gasteiger partial charge on any atom is -0.484 e. The Balaban J connectivity index is 1.91. The molecule has 1 heterocycles. The lowest BCUT2D eigenvalue weighted by atomic mass is 10.3. The largest absolute Gasteiger partial charge is 0.484 e. The molecule has 1 aromatic carbocycles. The van der Waals surface area contributed by atoms with E-state index in [2.05, 4.69) is 22.1 Å². The SMILES string of the molecule is C=C(C)CN(CC)C(=O)COc1ccc(-n2cnnn2)cc1. The summed E-state index contributed by atoms with van der Waals surface area (Å²) < 4.78 is 7.06. The zero-order chi connectivity index (χ0) is 15.9. The number of hydrogen-bond donors (Lipinski definition) is 0. The van der Waals surface area contributed by atoms with E-state index < -0.39 is 0 Å². The van der Waals surface area contributed by atoms with Crippen LogP contribution in [0.1, 0.15) is 13.8 Å². The first-order valence-electron chi connectivity index (χ1n) is 6.98. The molecule has 0 N–H and O–H groups in total. The van der Waals surface area contributed by atoms with Gasteiger partial charge in [-0.25, -0.2) is 4.68 Å². The van der Waals surface area contributed by atoms with Crippen molar-refractivity contribution in [1.29, 1.82) is 0 Å². The van der Waals surface area contributed by atoms with Gasteiger partial charge in [-0.1, -0.05) is 12.2 Å². The molecule has 116 valence electrons. The molecule has 1 amide bonds. The number of carbonyl (C=O) groups is 1. The van der Waals surface area contributed by atoms with E-state index in [9.17, 15) is 4.79 Å². The first kappa shape index (κ1) is 15.7. The molecule has 0 bridgehead atoms. The van der Waals surface area contributed by atoms with Crippen molar-refractivity contribution in [3.8, 4) is 11.4 Å². The highest BCUT2D eigenvalue weighted by Gasteiger charge is 2.12. The Bertz CT molecular complexity index is 622. The number of nitrogens with zero attached hydrogens (tertiary/aromatic N) is 5. The molecule has 0 aliphatic heterocycles. The van der Waals surface area contributed by atoms with Crippen molar-refractivity contribution in [3.63, 3.8) is 0 Å². The zero-order valence-electron chi connectivity index (χ0n) is 12.8. The monoisotopic (exact) mass is 301 g/mol. The van der Waals surface area contributed by atoms with Crippen molar-refractivity contribution in [2.24, 2.45) is 0 Å². The van der Waals surface area contributed by atoms with Crippen molar-refractivity contribution < 1.29 is 9.53 Å². The molecule has 0 aliphatic carbocycles. The van der Waals surface area contributed by atoms with Gasteiger partial charge < -0.3 is 9.64 Å². The highest BCUT2D eigenvalue weighted by molar-refractivity contribution is 5.78. The number of aromatic nitrogens is 4. The number of hydrogen-bond acceptors (Lipinski definition) is 5. The van der Waals surface area contributed by atoms with Gasteiger partial charge >= 0.3 is 0 Å². The van der Waals surface area contributed by atoms with Crippen molar-refractivity contribution in [1.82, 2.24) is 25.1 Å². The Morgan fingerprint density at radius 1 is 1.36 bits per heavy atom. The van der Waals surface area contributed by atoms with Gasteiger partial charge in [-0.05, 0) is 48.5 Å². The molecular formula is C15H19N5O2. The van der Waals surface area contributed by atoms with Crippen molar-refractivity contribution in [2.75, 3.05) is 19.7 Å². The molecule has 0 aliphatic rings. The third-order valence-corrected chi connectivity index (χ3v) is 3.01. The van der Waals surface area contributed by atoms with E-state index in [0.717, 1.165) is 11.3 Å². The summed E-state index contributed by atoms with van der Waals surface area (Å²) in [6, 6.07) is 7.20. The summed E-state index contributed by atoms with van der Waals surface area (Å²) >= 11 is 0. The summed E-state index contributed by atoms with van der Waals surface area (Å²) in [7, 11) is 0. The van der Waals surface area contributed by atoms with E-state index in [-0.39, 0.29) is 12.5 Å². The summed E-state index contributed by atoms with van der Waals surface area (Å²) in [5.74, 6) is 0.562. The maximum Gasteiger partial charge on any atom is 0.260 e. The fraction of sp³-hybridized carbons (Fsp3) is 0.333. The van der Waals surface area contributed by atoms with Crippen LogP contribution in [-0.4, -0.2) is 50.7 Å². The minimum atomic E-state index is -0.0601. The van der Waals surface area contributed by atoms with Crippen LogP contribution in [-0.2, 0) is 4.79 Å². The standard InChI is InChI=1S/C15H19N5O2/c1-4-19(9-12(2)3)15(21)10-22-14-7-5-13(6-8-14)20-11-16-17-18-20/h5-8,11H,2,4,9-10H2,1,3H3. The first-order chi connectivity index (χ1) is 10.6. The number of benzene rings is 1. The molecule has 0 atom stereocenters. The van der Waals surface area contributed by atoms with E-state index in [0.29, 0.717) is 18.8 Å². The lowest BCUT2D eigenvalue weighted by Gasteiger charge is -2.21. The predicted molar refractivity (Wildman–Crippen MR) is 81.7 cm³/mol. The normalized spacial score (nSPS) is 10.3. The van der Waals surface area contributed by atoms with Crippen LogP contribution < -0.4 is 4.74 Å². The van der Waals surface area contributed by atoms with E-state index in [1.807, 2.05) is 26.0 Å². The average molecular weight is 301 g/mol. The summed E-state index contributed by atoms with van der Waals surface area (Å²) in [6.45, 7) is 8.84. The van der Waals surface area contributed by atoms with Gasteiger partial charge in [0.05, 0.1) is 5.69 Å². The second kappa shape index (κ2) is 7.35. The van der Waals surface area contributed by atoms with Gasteiger partial charge in [0, 0.05) is 13.1 Å². The smallest absolute Gasteiger partial charge is 0.260 e. The molecule has 22 heavy (non-hydrogen) atoms. The highest BCUT2D eigenvalue weighted by atomic mass is 16.5. The second-order valence-electron chi connectivity index (χ2n) is 4.90. The van der Waals surface area contributed by atoms with Crippen molar-refractivity contribution >= 4 is 5.91 Å². The second-order valence-corrected chi connectivity index (χ2v) is 4.90. The molecule has 7 heteroatoms. The van der Waals surface area contributed by atoms with E-state index >= 15 is 0 Å². The lowest BCUT2D eigenvalue weighted by Crippen LogP contribution is -2.35. The first-order valence-corrected chi connectivity index (χ1v) is 6.98. The van der Waals surface area contributed by atoms with Gasteiger partial charge in [0.2, 0.25) is 0 Å². The molecule has 0 radical (unpaired) electrons. The zero-order valence-corrected chi connectivity index (χ0v) is 12.8. The summed E-state index contributed by atoms with van der Waals surface area (Å²) in [5, 5.41) is 11.0. The summed E-state index contributed by atoms with van der Waals surface area (Å²) in [5.41, 5.74) is 1.77. The molecule has 2 rings (SSSR count). The summed E-state index contributed by atoms with van der Waals surface area (Å²) in [4.78, 5) is 13.8. The lowest BCUT2D eigenvalue weighted by molar-refractivity contribution is -0.132. The summed E-state index contributed by atoms with van der Waals surface area (Å²) in [6.07, 6.45) is 1.51. The Morgan fingerprint density at radius 2 is 2.09 bits per heavy atom. The molecule has 1 aromatic heterocycles. The molecule has 7 nitrogen and oxygen atoms in total. The van der Waals surface area contributed by atoms with Crippen LogP contribution in [0.2, 0.25) is 0 Å². The molecule has 0 spiro atoms. The Hall–Kier alpha value is -2.70. The quantitative estimate of drug-likeness (QED) is 0.724. The average Bonchev–Trinajstić information content (AvgIpc) is 3.05. The maximum absolute atomic E-state index is 12.1. The van der Waals surface area contributed by atoms with E-state index in [1.165, 1.54) is 6.33 Å². The molecular weight excluding hydrogens is 282 g/mol. The molecule has 0 unspecified atom stereocenters. The Kier molecular flexibility index (Phi) is 5.24. The van der Waals surface area contributed by atoms with Crippen LogP contribution in [0.4, 0.5) is 0 Å². The highest BCUT2D eigenvalue weighted by Crippen LogP contribution is 2.14. The topological polar surface area (TPSA) is 73.1 Å². The molecule has 2 aromatic rings. The molecule has 0 fully saturated rings. The Morgan fingerprint density at radius 3 is 2.64 bits per heavy atom. The number of amides is 1. The Labute approximate surface area is 129 Å². The van der Waals surface area contributed by atoms with Crippen molar-refractivity contribution in [2.45, 2.75) is 13.8 Å². The fourth-order valence-electron chi connectivity index (χ4n) is 1.91. The van der Waals surface area contributed by atoms with Crippen molar-refractivity contribution in [3.05, 3.63) is 42.7 Å². The number of carbonyl (C=O) groups excluding carboxylic acids is 1. The van der Waals surface area contributed by atoms with E-state index in [4.69, 9.17) is 4.74 Å². The fourth-order valence-corrected chi connectivity index (χ4v) is 1.91. The van der Waals surface area contributed by atoms with Gasteiger partial charge in [0.15, 0.2) is 6.61 Å². The van der Waals surface area contributed by atoms with Gasteiger partial charge in [-0.2, -0.15) is 0 Å². The van der Waals surface area contributed by atoms with Crippen LogP contribution in [0.5, 0.6) is 5.75 Å². The maximum atomic E-state index is 12.1. The van der Waals surface area contributed by atoms with E-state index in [1.54, 1.807) is 21.7 Å². The van der Waals surface area contributed by atoms with Gasteiger partial charge in [0.1, 0.15) is 12.1 Å². The van der Waals surface area contributed by atoms with Crippen LogP contribution >= 0.6 is 0 Å². The van der Waals surface area contributed by atoms with Gasteiger partial charge in [-0.3, -0.25) is 4.79 Å². The number of ether oxygens (including phenoxy) is 1. The molecule has 0 saturated heterocycles. The van der Waals surface area contributed by atoms with Crippen LogP contribution in [0, 0.1) is 0 Å². The van der Waals surface area contributed by atoms with Crippen LogP contribution in [0.15, 0.2) is 42.7 Å². The van der Waals surface area contributed by atoms with Gasteiger partial charge in [0.25, 0.3) is 5.91 Å². The van der Waals surface area contributed by atoms with Crippen LogP contribution in [0.3, 0.4) is 0 Å². The number of likely N-dealkylation sites (N-methyl/N-ethyl adjacent to an activating group) is 1. The number of rotatable bonds is 7. The minimum absolute atomic E-state index is 0.00531. The third kappa shape index (κ3) is 4.15. The van der Waals surface area contributed by atoms with Gasteiger partial charge in [-0.15, -0.1) is 5.10 Å². The third-order valence-electron chi connectivity index (χ3n) is 3.01. The van der Waals surface area contributed by atoms with Crippen LogP contribution in [0.25, 0.3) is 5.69 Å². The molecule has 0 saturated carbocycles. The predicted octanol–water partition coefficient (Wildman–Crippen LogP) is 1.47.